The van der Waals surface area contributed by atoms with E-state index in [0.29, 0.717) is 6.04 Å². The van der Waals surface area contributed by atoms with E-state index < -0.39 is 0 Å². The molecule has 0 atom stereocenters. The molecular weight excluding hydrogens is 168 g/mol. The zero-order chi connectivity index (χ0) is 10.5. The first kappa shape index (κ1) is 12.4. The minimum absolute atomic E-state index is 0.149. The summed E-state index contributed by atoms with van der Waals surface area (Å²) in [5, 5.41) is 2.99. The monoisotopic (exact) mass is 188 g/mol. The maximum absolute atomic E-state index is 11.1. The van der Waals surface area contributed by atoms with Gasteiger partial charge in [-0.1, -0.05) is 13.8 Å². The van der Waals surface area contributed by atoms with Crippen molar-refractivity contribution in [2.24, 2.45) is 0 Å². The lowest BCUT2D eigenvalue weighted by atomic mass is 10.2. The molecule has 0 aliphatic carbocycles. The third kappa shape index (κ3) is 9.30. The van der Waals surface area contributed by atoms with Crippen LogP contribution in [-0.4, -0.2) is 24.1 Å². The molecule has 0 heterocycles. The molecule has 4 nitrogen and oxygen atoms in total. The highest BCUT2D eigenvalue weighted by Crippen LogP contribution is 2.02. The standard InChI is InChI=1S/C9H20N2O2/c1-7(2)10-6-8(12)11-13-9(3,4)5/h7,10H,6H2,1-5H3,(H,11,12). The average molecular weight is 188 g/mol. The lowest BCUT2D eigenvalue weighted by Crippen LogP contribution is -2.40. The van der Waals surface area contributed by atoms with E-state index in [0.717, 1.165) is 0 Å². The molecule has 0 aromatic rings. The summed E-state index contributed by atoms with van der Waals surface area (Å²) in [7, 11) is 0. The third-order valence-corrected chi connectivity index (χ3v) is 1.14. The topological polar surface area (TPSA) is 50.4 Å². The Balaban J connectivity index is 3.53. The predicted octanol–water partition coefficient (Wildman–Crippen LogP) is 0.831. The van der Waals surface area contributed by atoms with Gasteiger partial charge < -0.3 is 5.32 Å². The zero-order valence-corrected chi connectivity index (χ0v) is 9.10. The molecule has 4 heteroatoms. The summed E-state index contributed by atoms with van der Waals surface area (Å²) in [5.41, 5.74) is 2.04. The Morgan fingerprint density at radius 1 is 1.38 bits per heavy atom. The van der Waals surface area contributed by atoms with Crippen LogP contribution in [-0.2, 0) is 9.63 Å². The highest BCUT2D eigenvalue weighted by atomic mass is 16.7. The first-order chi connectivity index (χ1) is 5.81. The molecule has 0 aromatic carbocycles. The molecule has 0 bridgehead atoms. The van der Waals surface area contributed by atoms with Crippen LogP contribution in [0.1, 0.15) is 34.6 Å². The van der Waals surface area contributed by atoms with Gasteiger partial charge in [0.1, 0.15) is 0 Å². The maximum Gasteiger partial charge on any atom is 0.257 e. The first-order valence-corrected chi connectivity index (χ1v) is 4.51. The molecule has 0 spiro atoms. The van der Waals surface area contributed by atoms with Gasteiger partial charge in [0.05, 0.1) is 12.1 Å². The maximum atomic E-state index is 11.1. The minimum Gasteiger partial charge on any atom is -0.306 e. The second-order valence-electron chi connectivity index (χ2n) is 4.28. The van der Waals surface area contributed by atoms with Crippen molar-refractivity contribution < 1.29 is 9.63 Å². The number of carbonyl (C=O) groups is 1. The lowest BCUT2D eigenvalue weighted by molar-refractivity contribution is -0.144. The van der Waals surface area contributed by atoms with Crippen LogP contribution in [0.3, 0.4) is 0 Å². The summed E-state index contributed by atoms with van der Waals surface area (Å²) in [4.78, 5) is 16.2. The Hall–Kier alpha value is -0.610. The molecule has 0 fully saturated rings. The third-order valence-electron chi connectivity index (χ3n) is 1.14. The minimum atomic E-state index is -0.340. The summed E-state index contributed by atoms with van der Waals surface area (Å²) >= 11 is 0. The molecule has 78 valence electrons. The van der Waals surface area contributed by atoms with E-state index in [2.05, 4.69) is 10.8 Å². The number of hydrogen-bond acceptors (Lipinski definition) is 3. The second kappa shape index (κ2) is 5.19. The summed E-state index contributed by atoms with van der Waals surface area (Å²) in [6.45, 7) is 9.89. The number of amides is 1. The zero-order valence-electron chi connectivity index (χ0n) is 9.10. The summed E-state index contributed by atoms with van der Waals surface area (Å²) < 4.78 is 0. The van der Waals surface area contributed by atoms with Gasteiger partial charge in [0.15, 0.2) is 0 Å². The van der Waals surface area contributed by atoms with Crippen LogP contribution < -0.4 is 10.8 Å². The molecule has 0 aliphatic rings. The molecule has 0 saturated heterocycles. The quantitative estimate of drug-likeness (QED) is 0.642. The molecule has 0 unspecified atom stereocenters. The molecule has 13 heavy (non-hydrogen) atoms. The molecule has 0 aliphatic heterocycles. The Kier molecular flexibility index (Phi) is 4.95. The average Bonchev–Trinajstić information content (AvgIpc) is 1.95. The molecule has 0 saturated carbocycles. The molecule has 2 N–H and O–H groups in total. The van der Waals surface area contributed by atoms with Crippen LogP contribution in [0, 0.1) is 0 Å². The van der Waals surface area contributed by atoms with Crippen molar-refractivity contribution in [1.82, 2.24) is 10.8 Å². The van der Waals surface area contributed by atoms with Crippen molar-refractivity contribution in [3.63, 3.8) is 0 Å². The van der Waals surface area contributed by atoms with Crippen molar-refractivity contribution in [2.45, 2.75) is 46.3 Å². The van der Waals surface area contributed by atoms with Crippen molar-refractivity contribution >= 4 is 5.91 Å². The van der Waals surface area contributed by atoms with Crippen molar-refractivity contribution in [3.8, 4) is 0 Å². The first-order valence-electron chi connectivity index (χ1n) is 4.51. The van der Waals surface area contributed by atoms with Gasteiger partial charge in [-0.05, 0) is 20.8 Å². The molecule has 0 radical (unpaired) electrons. The van der Waals surface area contributed by atoms with Gasteiger partial charge in [0.2, 0.25) is 0 Å². The Morgan fingerprint density at radius 2 is 1.92 bits per heavy atom. The highest BCUT2D eigenvalue weighted by molar-refractivity contribution is 5.76. The Labute approximate surface area is 80.0 Å². The lowest BCUT2D eigenvalue weighted by Gasteiger charge is -2.19. The van der Waals surface area contributed by atoms with Crippen LogP contribution in [0.5, 0.6) is 0 Å². The van der Waals surface area contributed by atoms with Crippen LogP contribution in [0.4, 0.5) is 0 Å². The van der Waals surface area contributed by atoms with Gasteiger partial charge >= 0.3 is 0 Å². The highest BCUT2D eigenvalue weighted by Gasteiger charge is 2.12. The van der Waals surface area contributed by atoms with Gasteiger partial charge in [-0.15, -0.1) is 0 Å². The van der Waals surface area contributed by atoms with Crippen LogP contribution in [0.25, 0.3) is 0 Å². The van der Waals surface area contributed by atoms with Crippen LogP contribution in [0.2, 0.25) is 0 Å². The van der Waals surface area contributed by atoms with E-state index in [1.165, 1.54) is 0 Å². The SMILES string of the molecule is CC(C)NCC(=O)NOC(C)(C)C. The number of rotatable bonds is 4. The largest absolute Gasteiger partial charge is 0.306 e. The number of hydroxylamine groups is 1. The number of carbonyl (C=O) groups excluding carboxylic acids is 1. The smallest absolute Gasteiger partial charge is 0.257 e. The van der Waals surface area contributed by atoms with Crippen molar-refractivity contribution in [3.05, 3.63) is 0 Å². The molecule has 1 amide bonds. The van der Waals surface area contributed by atoms with E-state index in [-0.39, 0.29) is 18.1 Å². The Bertz CT molecular complexity index is 161. The second-order valence-corrected chi connectivity index (χ2v) is 4.28. The fraction of sp³-hybridized carbons (Fsp3) is 0.889. The van der Waals surface area contributed by atoms with Crippen molar-refractivity contribution in [1.29, 1.82) is 0 Å². The van der Waals surface area contributed by atoms with E-state index in [9.17, 15) is 4.79 Å². The van der Waals surface area contributed by atoms with Crippen molar-refractivity contribution in [2.75, 3.05) is 6.54 Å². The summed E-state index contributed by atoms with van der Waals surface area (Å²) in [6.07, 6.45) is 0. The van der Waals surface area contributed by atoms with E-state index in [4.69, 9.17) is 4.84 Å². The van der Waals surface area contributed by atoms with E-state index in [1.54, 1.807) is 0 Å². The van der Waals surface area contributed by atoms with Gasteiger partial charge in [0, 0.05) is 6.04 Å². The molecule has 0 aromatic heterocycles. The van der Waals surface area contributed by atoms with Gasteiger partial charge in [-0.2, -0.15) is 0 Å². The molecule has 0 rings (SSSR count). The number of hydrogen-bond donors (Lipinski definition) is 2. The fourth-order valence-corrected chi connectivity index (χ4v) is 0.543. The summed E-state index contributed by atoms with van der Waals surface area (Å²) in [5.74, 6) is -0.149. The van der Waals surface area contributed by atoms with Crippen LogP contribution >= 0.6 is 0 Å². The molecular formula is C9H20N2O2. The normalized spacial score (nSPS) is 11.8. The fourth-order valence-electron chi connectivity index (χ4n) is 0.543. The van der Waals surface area contributed by atoms with Gasteiger partial charge in [-0.3, -0.25) is 9.63 Å². The van der Waals surface area contributed by atoms with Gasteiger partial charge in [-0.25, -0.2) is 5.48 Å². The number of nitrogens with one attached hydrogen (secondary N) is 2. The summed E-state index contributed by atoms with van der Waals surface area (Å²) in [6, 6.07) is 0.306. The van der Waals surface area contributed by atoms with Crippen LogP contribution in [0.15, 0.2) is 0 Å². The Morgan fingerprint density at radius 3 is 2.31 bits per heavy atom. The van der Waals surface area contributed by atoms with E-state index in [1.807, 2.05) is 34.6 Å². The predicted molar refractivity (Wildman–Crippen MR) is 52.1 cm³/mol. The van der Waals surface area contributed by atoms with E-state index >= 15 is 0 Å². The van der Waals surface area contributed by atoms with Gasteiger partial charge in [0.25, 0.3) is 5.91 Å².